The summed E-state index contributed by atoms with van der Waals surface area (Å²) in [7, 11) is 0. The summed E-state index contributed by atoms with van der Waals surface area (Å²) >= 11 is 3.33. The van der Waals surface area contributed by atoms with Gasteiger partial charge in [0.05, 0.1) is 5.56 Å². The molecule has 29 heavy (non-hydrogen) atoms. The van der Waals surface area contributed by atoms with Crippen LogP contribution in [0.3, 0.4) is 0 Å². The van der Waals surface area contributed by atoms with E-state index in [2.05, 4.69) is 20.9 Å². The molecule has 0 spiro atoms. The number of esters is 2. The van der Waals surface area contributed by atoms with Crippen molar-refractivity contribution in [1.29, 1.82) is 0 Å². The molecule has 0 radical (unpaired) electrons. The van der Waals surface area contributed by atoms with Crippen molar-refractivity contribution in [2.45, 2.75) is 0 Å². The number of nitrogens with zero attached hydrogens (tertiary/aromatic N) is 1. The number of carbonyl (C=O) groups excluding carboxylic acids is 2. The maximum atomic E-state index is 12.2. The van der Waals surface area contributed by atoms with E-state index in [0.717, 1.165) is 15.6 Å². The predicted octanol–water partition coefficient (Wildman–Crippen LogP) is 5.01. The Balaban J connectivity index is 1.48. The molecule has 0 bridgehead atoms. The van der Waals surface area contributed by atoms with E-state index in [4.69, 9.17) is 9.47 Å². The Morgan fingerprint density at radius 2 is 1.62 bits per heavy atom. The highest BCUT2D eigenvalue weighted by molar-refractivity contribution is 9.10. The highest BCUT2D eigenvalue weighted by atomic mass is 79.9. The topological polar surface area (TPSA) is 65.0 Å². The molecule has 0 saturated carbocycles. The van der Waals surface area contributed by atoms with E-state index in [1.54, 1.807) is 54.6 Å². The second-order valence-corrected chi connectivity index (χ2v) is 7.08. The summed E-state index contributed by atoms with van der Waals surface area (Å²) in [6, 6.07) is 22.9. The Bertz CT molecular complexity index is 1120. The monoisotopic (exact) mass is 447 g/mol. The Labute approximate surface area is 175 Å². The number of carbonyl (C=O) groups is 2. The van der Waals surface area contributed by atoms with Gasteiger partial charge in [0.2, 0.25) is 5.90 Å². The fourth-order valence-electron chi connectivity index (χ4n) is 2.66. The molecule has 1 heterocycles. The average Bonchev–Trinajstić information content (AvgIpc) is 3.11. The number of rotatable bonds is 4. The molecular weight excluding hydrogens is 434 g/mol. The number of aliphatic imine (C=N–C) groups is 1. The largest absolute Gasteiger partial charge is 0.423 e. The van der Waals surface area contributed by atoms with Gasteiger partial charge in [0.25, 0.3) is 0 Å². The van der Waals surface area contributed by atoms with Crippen molar-refractivity contribution in [1.82, 2.24) is 0 Å². The second-order valence-electron chi connectivity index (χ2n) is 6.17. The average molecular weight is 448 g/mol. The maximum absolute atomic E-state index is 12.2. The minimum atomic E-state index is -0.505. The molecule has 0 saturated heterocycles. The Morgan fingerprint density at radius 1 is 0.931 bits per heavy atom. The van der Waals surface area contributed by atoms with Gasteiger partial charge in [0, 0.05) is 10.0 Å². The van der Waals surface area contributed by atoms with Gasteiger partial charge in [-0.2, -0.15) is 0 Å². The van der Waals surface area contributed by atoms with Crippen LogP contribution in [0.5, 0.6) is 5.75 Å². The third-order valence-corrected chi connectivity index (χ3v) is 4.64. The van der Waals surface area contributed by atoms with Crippen LogP contribution in [0.2, 0.25) is 0 Å². The molecule has 3 aromatic carbocycles. The lowest BCUT2D eigenvalue weighted by molar-refractivity contribution is -0.129. The summed E-state index contributed by atoms with van der Waals surface area (Å²) in [5.41, 5.74) is 2.14. The van der Waals surface area contributed by atoms with E-state index >= 15 is 0 Å². The third-order valence-electron chi connectivity index (χ3n) is 4.12. The summed E-state index contributed by atoms with van der Waals surface area (Å²) in [5, 5.41) is 0. The van der Waals surface area contributed by atoms with Gasteiger partial charge in [-0.25, -0.2) is 14.6 Å². The first-order valence-electron chi connectivity index (χ1n) is 8.74. The Kier molecular flexibility index (Phi) is 5.35. The standard InChI is InChI=1S/C23H14BrNO4/c24-18-10-8-17(9-11-18)22(26)28-19-12-6-15(7-13-19)14-20-23(27)29-21(25-20)16-4-2-1-3-5-16/h1-14H/b20-14+. The summed E-state index contributed by atoms with van der Waals surface area (Å²) in [4.78, 5) is 28.5. The Hall–Kier alpha value is -3.51. The van der Waals surface area contributed by atoms with Crippen molar-refractivity contribution in [2.75, 3.05) is 0 Å². The van der Waals surface area contributed by atoms with Gasteiger partial charge in [0.1, 0.15) is 5.75 Å². The van der Waals surface area contributed by atoms with Gasteiger partial charge in [-0.3, -0.25) is 0 Å². The number of hydrogen-bond donors (Lipinski definition) is 0. The second kappa shape index (κ2) is 8.24. The highest BCUT2D eigenvalue weighted by Crippen LogP contribution is 2.21. The Morgan fingerprint density at radius 3 is 2.31 bits per heavy atom. The normalized spacial score (nSPS) is 14.4. The van der Waals surface area contributed by atoms with Gasteiger partial charge in [-0.1, -0.05) is 46.3 Å². The van der Waals surface area contributed by atoms with Crippen LogP contribution in [-0.4, -0.2) is 17.8 Å². The first-order chi connectivity index (χ1) is 14.1. The fraction of sp³-hybridized carbons (Fsp3) is 0. The molecular formula is C23H14BrNO4. The first kappa shape index (κ1) is 18.8. The van der Waals surface area contributed by atoms with Gasteiger partial charge in [-0.15, -0.1) is 0 Å². The molecule has 3 aromatic rings. The van der Waals surface area contributed by atoms with Crippen LogP contribution in [0.1, 0.15) is 21.5 Å². The molecule has 1 aliphatic heterocycles. The SMILES string of the molecule is O=C1OC(c2ccccc2)=N/C1=C/c1ccc(OC(=O)c2ccc(Br)cc2)cc1. The lowest BCUT2D eigenvalue weighted by atomic mass is 10.2. The van der Waals surface area contributed by atoms with Crippen molar-refractivity contribution in [3.05, 3.63) is 106 Å². The van der Waals surface area contributed by atoms with Crippen LogP contribution in [0.25, 0.3) is 6.08 Å². The number of cyclic esters (lactones) is 1. The highest BCUT2D eigenvalue weighted by Gasteiger charge is 2.23. The molecule has 0 atom stereocenters. The number of ether oxygens (including phenoxy) is 2. The first-order valence-corrected chi connectivity index (χ1v) is 9.53. The molecule has 1 aliphatic rings. The van der Waals surface area contributed by atoms with Crippen LogP contribution in [-0.2, 0) is 9.53 Å². The zero-order valence-corrected chi connectivity index (χ0v) is 16.6. The van der Waals surface area contributed by atoms with Crippen molar-refractivity contribution in [3.63, 3.8) is 0 Å². The zero-order chi connectivity index (χ0) is 20.2. The third kappa shape index (κ3) is 4.50. The van der Waals surface area contributed by atoms with Crippen molar-refractivity contribution in [3.8, 4) is 5.75 Å². The minimum absolute atomic E-state index is 0.212. The molecule has 0 unspecified atom stereocenters. The summed E-state index contributed by atoms with van der Waals surface area (Å²) < 4.78 is 11.5. The molecule has 5 nitrogen and oxygen atoms in total. The van der Waals surface area contributed by atoms with E-state index in [1.807, 2.05) is 30.3 Å². The lowest BCUT2D eigenvalue weighted by Crippen LogP contribution is -2.08. The molecule has 142 valence electrons. The number of benzene rings is 3. The van der Waals surface area contributed by atoms with Crippen LogP contribution in [0, 0.1) is 0 Å². The quantitative estimate of drug-likeness (QED) is 0.320. The maximum Gasteiger partial charge on any atom is 0.363 e. The van der Waals surface area contributed by atoms with Crippen LogP contribution in [0.4, 0.5) is 0 Å². The molecule has 0 amide bonds. The van der Waals surface area contributed by atoms with Gasteiger partial charge >= 0.3 is 11.9 Å². The van der Waals surface area contributed by atoms with Crippen molar-refractivity contribution in [2.24, 2.45) is 4.99 Å². The van der Waals surface area contributed by atoms with Crippen LogP contribution in [0.15, 0.2) is 94.0 Å². The minimum Gasteiger partial charge on any atom is -0.423 e. The van der Waals surface area contributed by atoms with Gasteiger partial charge in [-0.05, 0) is 60.2 Å². The molecule has 4 rings (SSSR count). The van der Waals surface area contributed by atoms with E-state index in [0.29, 0.717) is 11.3 Å². The summed E-state index contributed by atoms with van der Waals surface area (Å²) in [6.07, 6.45) is 1.62. The molecule has 0 fully saturated rings. The van der Waals surface area contributed by atoms with E-state index in [9.17, 15) is 9.59 Å². The smallest absolute Gasteiger partial charge is 0.363 e. The van der Waals surface area contributed by atoms with Crippen LogP contribution < -0.4 is 4.74 Å². The lowest BCUT2D eigenvalue weighted by Gasteiger charge is -2.05. The molecule has 0 N–H and O–H groups in total. The predicted molar refractivity (Wildman–Crippen MR) is 113 cm³/mol. The van der Waals surface area contributed by atoms with Crippen LogP contribution >= 0.6 is 15.9 Å². The zero-order valence-electron chi connectivity index (χ0n) is 15.0. The van der Waals surface area contributed by atoms with Gasteiger partial charge in [0.15, 0.2) is 5.70 Å². The van der Waals surface area contributed by atoms with Gasteiger partial charge < -0.3 is 9.47 Å². The van der Waals surface area contributed by atoms with E-state index in [1.165, 1.54) is 0 Å². The summed E-state index contributed by atoms with van der Waals surface area (Å²) in [5.74, 6) is -0.265. The van der Waals surface area contributed by atoms with Crippen molar-refractivity contribution >= 4 is 39.8 Å². The fourth-order valence-corrected chi connectivity index (χ4v) is 2.92. The van der Waals surface area contributed by atoms with E-state index in [-0.39, 0.29) is 11.6 Å². The molecule has 0 aromatic heterocycles. The van der Waals surface area contributed by atoms with E-state index < -0.39 is 11.9 Å². The molecule has 6 heteroatoms. The number of hydrogen-bond acceptors (Lipinski definition) is 5. The number of halogens is 1. The summed E-state index contributed by atoms with van der Waals surface area (Å²) in [6.45, 7) is 0. The molecule has 0 aliphatic carbocycles. The van der Waals surface area contributed by atoms with Crippen molar-refractivity contribution < 1.29 is 19.1 Å².